The summed E-state index contributed by atoms with van der Waals surface area (Å²) in [6, 6.07) is 4.24. The summed E-state index contributed by atoms with van der Waals surface area (Å²) in [5.41, 5.74) is 3.61. The molecule has 0 atom stereocenters. The highest BCUT2D eigenvalue weighted by Gasteiger charge is 2.17. The predicted octanol–water partition coefficient (Wildman–Crippen LogP) is 3.42. The van der Waals surface area contributed by atoms with Crippen molar-refractivity contribution in [1.82, 2.24) is 14.5 Å². The minimum absolute atomic E-state index is 0.0723. The molecular weight excluding hydrogens is 222 g/mol. The van der Waals surface area contributed by atoms with E-state index in [4.69, 9.17) is 0 Å². The van der Waals surface area contributed by atoms with Crippen LogP contribution in [0.3, 0.4) is 0 Å². The summed E-state index contributed by atoms with van der Waals surface area (Å²) in [7, 11) is 2.09. The standard InChI is InChI=1S/C15H17N3/c1-15(2,3)14-7-13-11(9-17-14)10-8-16-6-5-12(10)18(13)4/h5-9H,1-4H3. The van der Waals surface area contributed by atoms with E-state index >= 15 is 0 Å². The van der Waals surface area contributed by atoms with Crippen LogP contribution >= 0.6 is 0 Å². The Morgan fingerprint density at radius 3 is 2.50 bits per heavy atom. The van der Waals surface area contributed by atoms with Crippen LogP contribution in [0.1, 0.15) is 26.5 Å². The molecule has 0 unspecified atom stereocenters. The molecule has 0 aliphatic heterocycles. The molecule has 0 radical (unpaired) electrons. The van der Waals surface area contributed by atoms with Crippen LogP contribution in [0.25, 0.3) is 21.8 Å². The van der Waals surface area contributed by atoms with Gasteiger partial charge < -0.3 is 4.57 Å². The smallest absolute Gasteiger partial charge is 0.0523 e. The van der Waals surface area contributed by atoms with Crippen molar-refractivity contribution in [3.8, 4) is 0 Å². The molecule has 0 aliphatic carbocycles. The second-order valence-electron chi connectivity index (χ2n) is 5.79. The molecule has 0 fully saturated rings. The van der Waals surface area contributed by atoms with Crippen LogP contribution in [-0.2, 0) is 12.5 Å². The third-order valence-corrected chi connectivity index (χ3v) is 3.46. The summed E-state index contributed by atoms with van der Waals surface area (Å²) in [5, 5.41) is 2.34. The molecular formula is C15H17N3. The molecule has 3 heterocycles. The molecule has 3 aromatic heterocycles. The number of rotatable bonds is 0. The van der Waals surface area contributed by atoms with Crippen LogP contribution < -0.4 is 0 Å². The van der Waals surface area contributed by atoms with E-state index in [9.17, 15) is 0 Å². The topological polar surface area (TPSA) is 30.7 Å². The van der Waals surface area contributed by atoms with Crippen LogP contribution in [0.5, 0.6) is 0 Å². The normalized spacial score (nSPS) is 12.4. The van der Waals surface area contributed by atoms with Gasteiger partial charge in [-0.1, -0.05) is 20.8 Å². The predicted molar refractivity (Wildman–Crippen MR) is 74.7 cm³/mol. The number of nitrogens with zero attached hydrogens (tertiary/aromatic N) is 3. The van der Waals surface area contributed by atoms with Gasteiger partial charge in [-0.15, -0.1) is 0 Å². The molecule has 18 heavy (non-hydrogen) atoms. The number of pyridine rings is 2. The lowest BCUT2D eigenvalue weighted by Gasteiger charge is -2.17. The number of hydrogen-bond acceptors (Lipinski definition) is 2. The van der Waals surface area contributed by atoms with Gasteiger partial charge in [-0.25, -0.2) is 0 Å². The average Bonchev–Trinajstić information content (AvgIpc) is 2.63. The molecule has 3 aromatic rings. The van der Waals surface area contributed by atoms with Crippen molar-refractivity contribution in [2.45, 2.75) is 26.2 Å². The Labute approximate surface area is 106 Å². The maximum absolute atomic E-state index is 4.60. The van der Waals surface area contributed by atoms with E-state index in [1.807, 2.05) is 24.7 Å². The molecule has 0 amide bonds. The number of hydrogen-bond donors (Lipinski definition) is 0. The van der Waals surface area contributed by atoms with Crippen molar-refractivity contribution < 1.29 is 0 Å². The zero-order valence-electron chi connectivity index (χ0n) is 11.2. The molecule has 3 heteroatoms. The Bertz CT molecular complexity index is 732. The quantitative estimate of drug-likeness (QED) is 0.602. The first kappa shape index (κ1) is 11.2. The number of aromatic nitrogens is 3. The third-order valence-electron chi connectivity index (χ3n) is 3.46. The van der Waals surface area contributed by atoms with Gasteiger partial charge in [0.05, 0.1) is 11.0 Å². The van der Waals surface area contributed by atoms with Crippen LogP contribution in [0.2, 0.25) is 0 Å². The summed E-state index contributed by atoms with van der Waals surface area (Å²) in [6.45, 7) is 6.56. The average molecular weight is 239 g/mol. The maximum Gasteiger partial charge on any atom is 0.0523 e. The van der Waals surface area contributed by atoms with Gasteiger partial charge >= 0.3 is 0 Å². The lowest BCUT2D eigenvalue weighted by atomic mass is 9.91. The largest absolute Gasteiger partial charge is 0.343 e. The lowest BCUT2D eigenvalue weighted by molar-refractivity contribution is 0.570. The van der Waals surface area contributed by atoms with Crippen LogP contribution in [0, 0.1) is 0 Å². The fourth-order valence-electron chi connectivity index (χ4n) is 2.36. The Hall–Kier alpha value is -1.90. The Kier molecular flexibility index (Phi) is 2.21. The molecule has 0 aromatic carbocycles. The maximum atomic E-state index is 4.60. The molecule has 92 valence electrons. The van der Waals surface area contributed by atoms with Gasteiger partial charge in [-0.05, 0) is 12.1 Å². The summed E-state index contributed by atoms with van der Waals surface area (Å²) < 4.78 is 2.21. The number of fused-ring (bicyclic) bond motifs is 3. The fourth-order valence-corrected chi connectivity index (χ4v) is 2.36. The second kappa shape index (κ2) is 3.55. The zero-order chi connectivity index (χ0) is 12.9. The summed E-state index contributed by atoms with van der Waals surface area (Å²) in [6.07, 6.45) is 5.72. The molecule has 3 nitrogen and oxygen atoms in total. The molecule has 0 N–H and O–H groups in total. The van der Waals surface area contributed by atoms with Gasteiger partial charge in [0.1, 0.15) is 0 Å². The van der Waals surface area contributed by atoms with Crippen molar-refractivity contribution in [2.75, 3.05) is 0 Å². The highest BCUT2D eigenvalue weighted by atomic mass is 14.9. The van der Waals surface area contributed by atoms with Gasteiger partial charge in [-0.3, -0.25) is 9.97 Å². The van der Waals surface area contributed by atoms with Gasteiger partial charge in [0.2, 0.25) is 0 Å². The minimum atomic E-state index is 0.0723. The van der Waals surface area contributed by atoms with Gasteiger partial charge in [0, 0.05) is 47.5 Å². The molecule has 0 saturated heterocycles. The third kappa shape index (κ3) is 1.50. The van der Waals surface area contributed by atoms with E-state index in [2.05, 4.69) is 48.4 Å². The summed E-state index contributed by atoms with van der Waals surface area (Å²) in [4.78, 5) is 8.81. The first-order chi connectivity index (χ1) is 8.48. The Balaban J connectivity index is 2.42. The van der Waals surface area contributed by atoms with Gasteiger partial charge in [0.15, 0.2) is 0 Å². The van der Waals surface area contributed by atoms with Crippen molar-refractivity contribution in [3.63, 3.8) is 0 Å². The van der Waals surface area contributed by atoms with E-state index in [1.54, 1.807) is 0 Å². The highest BCUT2D eigenvalue weighted by Crippen LogP contribution is 2.29. The van der Waals surface area contributed by atoms with Crippen molar-refractivity contribution >= 4 is 21.8 Å². The first-order valence-electron chi connectivity index (χ1n) is 6.17. The SMILES string of the molecule is Cn1c2ccncc2c2cnc(C(C)(C)C)cc21. The van der Waals surface area contributed by atoms with Crippen molar-refractivity contribution in [3.05, 3.63) is 36.4 Å². The van der Waals surface area contributed by atoms with Crippen LogP contribution in [0.4, 0.5) is 0 Å². The highest BCUT2D eigenvalue weighted by molar-refractivity contribution is 6.07. The molecule has 3 rings (SSSR count). The van der Waals surface area contributed by atoms with Crippen molar-refractivity contribution in [2.24, 2.45) is 7.05 Å². The fraction of sp³-hybridized carbons (Fsp3) is 0.333. The molecule has 0 bridgehead atoms. The van der Waals surface area contributed by atoms with Crippen molar-refractivity contribution in [1.29, 1.82) is 0 Å². The minimum Gasteiger partial charge on any atom is -0.343 e. The summed E-state index contributed by atoms with van der Waals surface area (Å²) >= 11 is 0. The van der Waals surface area contributed by atoms with Crippen LogP contribution in [0.15, 0.2) is 30.7 Å². The zero-order valence-corrected chi connectivity index (χ0v) is 11.2. The Morgan fingerprint density at radius 2 is 1.78 bits per heavy atom. The Morgan fingerprint density at radius 1 is 1.06 bits per heavy atom. The molecule has 0 saturated carbocycles. The van der Waals surface area contributed by atoms with E-state index in [1.165, 1.54) is 21.8 Å². The van der Waals surface area contributed by atoms with E-state index in [-0.39, 0.29) is 5.41 Å². The van der Waals surface area contributed by atoms with Crippen LogP contribution in [-0.4, -0.2) is 14.5 Å². The van der Waals surface area contributed by atoms with Gasteiger partial charge in [0.25, 0.3) is 0 Å². The second-order valence-corrected chi connectivity index (χ2v) is 5.79. The molecule has 0 spiro atoms. The summed E-state index contributed by atoms with van der Waals surface area (Å²) in [5.74, 6) is 0. The monoisotopic (exact) mass is 239 g/mol. The van der Waals surface area contributed by atoms with E-state index in [0.717, 1.165) is 5.69 Å². The first-order valence-corrected chi connectivity index (χ1v) is 6.17. The van der Waals surface area contributed by atoms with E-state index < -0.39 is 0 Å². The van der Waals surface area contributed by atoms with E-state index in [0.29, 0.717) is 0 Å². The van der Waals surface area contributed by atoms with Gasteiger partial charge in [-0.2, -0.15) is 0 Å². The molecule has 0 aliphatic rings. The lowest BCUT2D eigenvalue weighted by Crippen LogP contribution is -2.13. The number of aryl methyl sites for hydroxylation is 1.